The number of carbonyl (C=O) groups is 1. The van der Waals surface area contributed by atoms with Crippen molar-refractivity contribution in [2.24, 2.45) is 11.7 Å². The Kier molecular flexibility index (Phi) is 5.88. The Hall–Kier alpha value is -0.810. The predicted molar refractivity (Wildman–Crippen MR) is 87.9 cm³/mol. The van der Waals surface area contributed by atoms with Crippen molar-refractivity contribution in [1.82, 2.24) is 4.90 Å². The third-order valence-electron chi connectivity index (χ3n) is 4.11. The third-order valence-corrected chi connectivity index (χ3v) is 4.74. The van der Waals surface area contributed by atoms with Crippen LogP contribution in [0.2, 0.25) is 10.0 Å². The topological polar surface area (TPSA) is 58.4 Å². The van der Waals surface area contributed by atoms with Gasteiger partial charge in [-0.25, -0.2) is 0 Å². The first-order chi connectivity index (χ1) is 10.0. The van der Waals surface area contributed by atoms with Crippen LogP contribution in [0.4, 0.5) is 5.69 Å². The molecule has 1 aliphatic rings. The fourth-order valence-corrected chi connectivity index (χ4v) is 3.50. The molecule has 2 atom stereocenters. The van der Waals surface area contributed by atoms with Crippen LogP contribution >= 0.6 is 23.2 Å². The molecule has 2 unspecified atom stereocenters. The standard InChI is InChI=1S/C15H21Cl2N3O/c1-20(13-7-2-4-10(13)8-18)9-14(21)19-15-11(16)5-3-6-12(15)17/h3,5-6,10,13H,2,4,7-9,18H2,1H3,(H,19,21). The van der Waals surface area contributed by atoms with Crippen LogP contribution in [0.1, 0.15) is 19.3 Å². The maximum absolute atomic E-state index is 12.2. The number of rotatable bonds is 5. The summed E-state index contributed by atoms with van der Waals surface area (Å²) < 4.78 is 0. The Morgan fingerprint density at radius 1 is 1.38 bits per heavy atom. The van der Waals surface area contributed by atoms with E-state index in [1.165, 1.54) is 6.42 Å². The van der Waals surface area contributed by atoms with Gasteiger partial charge in [0.25, 0.3) is 0 Å². The van der Waals surface area contributed by atoms with Crippen molar-refractivity contribution in [3.05, 3.63) is 28.2 Å². The minimum atomic E-state index is -0.116. The molecule has 1 amide bonds. The summed E-state index contributed by atoms with van der Waals surface area (Å²) in [6, 6.07) is 5.53. The highest BCUT2D eigenvalue weighted by molar-refractivity contribution is 6.39. The van der Waals surface area contributed by atoms with E-state index in [-0.39, 0.29) is 5.91 Å². The molecule has 0 aliphatic heterocycles. The lowest BCUT2D eigenvalue weighted by Gasteiger charge is -2.28. The van der Waals surface area contributed by atoms with E-state index in [0.29, 0.717) is 40.8 Å². The minimum Gasteiger partial charge on any atom is -0.330 e. The number of nitrogens with zero attached hydrogens (tertiary/aromatic N) is 1. The Balaban J connectivity index is 1.95. The molecule has 1 aromatic rings. The van der Waals surface area contributed by atoms with E-state index in [1.54, 1.807) is 18.2 Å². The van der Waals surface area contributed by atoms with E-state index in [9.17, 15) is 4.79 Å². The van der Waals surface area contributed by atoms with E-state index in [0.717, 1.165) is 12.8 Å². The van der Waals surface area contributed by atoms with Gasteiger partial charge in [-0.3, -0.25) is 9.69 Å². The van der Waals surface area contributed by atoms with Crippen LogP contribution in [0, 0.1) is 5.92 Å². The number of nitrogens with one attached hydrogen (secondary N) is 1. The van der Waals surface area contributed by atoms with Crippen LogP contribution in [0.15, 0.2) is 18.2 Å². The summed E-state index contributed by atoms with van der Waals surface area (Å²) >= 11 is 12.1. The molecular formula is C15H21Cl2N3O. The number of benzene rings is 1. The van der Waals surface area contributed by atoms with E-state index in [1.807, 2.05) is 7.05 Å². The zero-order chi connectivity index (χ0) is 15.4. The Morgan fingerprint density at radius 3 is 2.67 bits per heavy atom. The first-order valence-corrected chi connectivity index (χ1v) is 7.92. The molecule has 21 heavy (non-hydrogen) atoms. The van der Waals surface area contributed by atoms with E-state index in [4.69, 9.17) is 28.9 Å². The first-order valence-electron chi connectivity index (χ1n) is 7.17. The van der Waals surface area contributed by atoms with Gasteiger partial charge in [0, 0.05) is 6.04 Å². The van der Waals surface area contributed by atoms with Gasteiger partial charge < -0.3 is 11.1 Å². The summed E-state index contributed by atoms with van der Waals surface area (Å²) in [5, 5.41) is 3.68. The summed E-state index contributed by atoms with van der Waals surface area (Å²) in [4.78, 5) is 14.3. The lowest BCUT2D eigenvalue weighted by Crippen LogP contribution is -2.41. The second-order valence-electron chi connectivity index (χ2n) is 5.55. The summed E-state index contributed by atoms with van der Waals surface area (Å²) in [6.07, 6.45) is 3.41. The average Bonchev–Trinajstić information content (AvgIpc) is 2.91. The molecule has 1 aliphatic carbocycles. The molecule has 0 radical (unpaired) electrons. The molecule has 2 rings (SSSR count). The van der Waals surface area contributed by atoms with Gasteiger partial charge in [0.05, 0.1) is 22.3 Å². The molecule has 0 aromatic heterocycles. The minimum absolute atomic E-state index is 0.116. The molecule has 1 saturated carbocycles. The molecule has 3 N–H and O–H groups in total. The van der Waals surface area contributed by atoms with Crippen molar-refractivity contribution in [3.63, 3.8) is 0 Å². The van der Waals surface area contributed by atoms with Crippen molar-refractivity contribution >= 4 is 34.8 Å². The van der Waals surface area contributed by atoms with Crippen LogP contribution in [0.3, 0.4) is 0 Å². The SMILES string of the molecule is CN(CC(=O)Nc1c(Cl)cccc1Cl)C1CCCC1CN. The zero-order valence-corrected chi connectivity index (χ0v) is 13.6. The third kappa shape index (κ3) is 4.10. The van der Waals surface area contributed by atoms with E-state index < -0.39 is 0 Å². The van der Waals surface area contributed by atoms with Gasteiger partial charge in [0.2, 0.25) is 5.91 Å². The number of hydrogen-bond acceptors (Lipinski definition) is 3. The number of para-hydroxylation sites is 1. The quantitative estimate of drug-likeness (QED) is 0.873. The van der Waals surface area contributed by atoms with Crippen LogP contribution in [-0.4, -0.2) is 37.0 Å². The molecule has 0 spiro atoms. The highest BCUT2D eigenvalue weighted by Crippen LogP contribution is 2.30. The van der Waals surface area contributed by atoms with Crippen molar-refractivity contribution in [1.29, 1.82) is 0 Å². The Morgan fingerprint density at radius 2 is 2.05 bits per heavy atom. The van der Waals surface area contributed by atoms with Crippen LogP contribution < -0.4 is 11.1 Å². The number of halogens is 2. The molecule has 4 nitrogen and oxygen atoms in total. The summed E-state index contributed by atoms with van der Waals surface area (Å²) in [6.45, 7) is 0.982. The van der Waals surface area contributed by atoms with Crippen molar-refractivity contribution < 1.29 is 4.79 Å². The molecule has 0 saturated heterocycles. The second-order valence-corrected chi connectivity index (χ2v) is 6.37. The van der Waals surface area contributed by atoms with Gasteiger partial charge in [-0.2, -0.15) is 0 Å². The Bertz CT molecular complexity index is 489. The van der Waals surface area contributed by atoms with Crippen LogP contribution in [0.25, 0.3) is 0 Å². The van der Waals surface area contributed by atoms with Gasteiger partial charge in [0.15, 0.2) is 0 Å². The van der Waals surface area contributed by atoms with Gasteiger partial charge >= 0.3 is 0 Å². The number of likely N-dealkylation sites (N-methyl/N-ethyl adjacent to an activating group) is 1. The van der Waals surface area contributed by atoms with E-state index in [2.05, 4.69) is 10.2 Å². The number of amides is 1. The van der Waals surface area contributed by atoms with E-state index >= 15 is 0 Å². The summed E-state index contributed by atoms with van der Waals surface area (Å²) in [5.41, 5.74) is 6.27. The maximum atomic E-state index is 12.2. The van der Waals surface area contributed by atoms with Gasteiger partial charge in [-0.15, -0.1) is 0 Å². The normalized spacial score (nSPS) is 21.8. The number of carbonyl (C=O) groups excluding carboxylic acids is 1. The van der Waals surface area contributed by atoms with Gasteiger partial charge in [-0.05, 0) is 44.5 Å². The molecule has 6 heteroatoms. The highest BCUT2D eigenvalue weighted by Gasteiger charge is 2.30. The molecule has 1 fully saturated rings. The predicted octanol–water partition coefficient (Wildman–Crippen LogP) is 2.99. The first kappa shape index (κ1) is 16.6. The highest BCUT2D eigenvalue weighted by atomic mass is 35.5. The lowest BCUT2D eigenvalue weighted by molar-refractivity contribution is -0.117. The molecule has 1 aromatic carbocycles. The smallest absolute Gasteiger partial charge is 0.238 e. The monoisotopic (exact) mass is 329 g/mol. The van der Waals surface area contributed by atoms with Crippen molar-refractivity contribution in [2.75, 3.05) is 25.5 Å². The average molecular weight is 330 g/mol. The summed E-state index contributed by atoms with van der Waals surface area (Å²) in [7, 11) is 1.96. The molecule has 0 bridgehead atoms. The largest absolute Gasteiger partial charge is 0.330 e. The van der Waals surface area contributed by atoms with Crippen molar-refractivity contribution in [2.45, 2.75) is 25.3 Å². The molecule has 116 valence electrons. The number of nitrogens with two attached hydrogens (primary N) is 1. The second kappa shape index (κ2) is 7.45. The lowest BCUT2D eigenvalue weighted by atomic mass is 10.0. The number of hydrogen-bond donors (Lipinski definition) is 2. The maximum Gasteiger partial charge on any atom is 0.238 e. The van der Waals surface area contributed by atoms with Crippen LogP contribution in [0.5, 0.6) is 0 Å². The summed E-state index contributed by atoms with van der Waals surface area (Å²) in [5.74, 6) is 0.363. The van der Waals surface area contributed by atoms with Crippen molar-refractivity contribution in [3.8, 4) is 0 Å². The van der Waals surface area contributed by atoms with Gasteiger partial charge in [-0.1, -0.05) is 35.7 Å². The van der Waals surface area contributed by atoms with Gasteiger partial charge in [0.1, 0.15) is 0 Å². The fourth-order valence-electron chi connectivity index (χ4n) is 3.01. The molecule has 0 heterocycles. The zero-order valence-electron chi connectivity index (χ0n) is 12.1. The number of anilines is 1. The van der Waals surface area contributed by atoms with Crippen LogP contribution in [-0.2, 0) is 4.79 Å². The fraction of sp³-hybridized carbons (Fsp3) is 0.533. The Labute approximate surface area is 135 Å². The molecular weight excluding hydrogens is 309 g/mol.